The highest BCUT2D eigenvalue weighted by Gasteiger charge is 2.19. The Morgan fingerprint density at radius 1 is 1.19 bits per heavy atom. The van der Waals surface area contributed by atoms with Crippen LogP contribution in [-0.2, 0) is 4.74 Å². The molecule has 0 radical (unpaired) electrons. The Bertz CT molecular complexity index is 390. The molecule has 21 heavy (non-hydrogen) atoms. The molecule has 7 nitrogen and oxygen atoms in total. The summed E-state index contributed by atoms with van der Waals surface area (Å²) in [6.45, 7) is 0.644. The predicted molar refractivity (Wildman–Crippen MR) is 81.3 cm³/mol. The van der Waals surface area contributed by atoms with Crippen LogP contribution in [-0.4, -0.2) is 62.7 Å². The number of hydrogen-bond acceptors (Lipinski definition) is 3. The van der Waals surface area contributed by atoms with Crippen LogP contribution in [0.25, 0.3) is 0 Å². The van der Waals surface area contributed by atoms with Crippen molar-refractivity contribution in [3.05, 3.63) is 0 Å². The normalized spacial score (nSPS) is 16.3. The number of nitrogens with zero attached hydrogens (tertiary/aromatic N) is 3. The van der Waals surface area contributed by atoms with Crippen LogP contribution in [0.4, 0.5) is 9.59 Å². The third-order valence-electron chi connectivity index (χ3n) is 3.62. The topological polar surface area (TPSA) is 74.2 Å². The Morgan fingerprint density at radius 2 is 1.81 bits per heavy atom. The number of guanidine groups is 1. The van der Waals surface area contributed by atoms with Gasteiger partial charge in [-0.1, -0.05) is 19.3 Å². The van der Waals surface area contributed by atoms with Crippen LogP contribution < -0.4 is 5.32 Å². The van der Waals surface area contributed by atoms with Crippen LogP contribution in [0, 0.1) is 5.92 Å². The van der Waals surface area contributed by atoms with Crippen molar-refractivity contribution in [2.75, 3.05) is 34.8 Å². The predicted octanol–water partition coefficient (Wildman–Crippen LogP) is 1.89. The summed E-state index contributed by atoms with van der Waals surface area (Å²) in [6.07, 6.45) is 5.51. The number of rotatable bonds is 2. The summed E-state index contributed by atoms with van der Waals surface area (Å²) in [5.74, 6) is 0.780. The highest BCUT2D eigenvalue weighted by atomic mass is 16.5. The second kappa shape index (κ2) is 8.49. The van der Waals surface area contributed by atoms with Gasteiger partial charge in [0.2, 0.25) is 5.96 Å². The molecule has 0 saturated heterocycles. The largest absolute Gasteiger partial charge is 0.452 e. The van der Waals surface area contributed by atoms with Gasteiger partial charge in [0.15, 0.2) is 0 Å². The molecule has 7 heteroatoms. The number of carbonyl (C=O) groups excluding carboxylic acids is 2. The molecule has 0 unspecified atom stereocenters. The fourth-order valence-corrected chi connectivity index (χ4v) is 2.45. The van der Waals surface area contributed by atoms with Crippen molar-refractivity contribution >= 4 is 18.1 Å². The zero-order chi connectivity index (χ0) is 15.8. The number of methoxy groups -OCH3 is 1. The van der Waals surface area contributed by atoms with Crippen LogP contribution in [0.15, 0.2) is 4.99 Å². The molecule has 1 rings (SSSR count). The molecule has 1 fully saturated rings. The molecule has 0 spiro atoms. The number of amides is 3. The number of nitrogens with one attached hydrogen (secondary N) is 1. The average molecular weight is 298 g/mol. The van der Waals surface area contributed by atoms with Gasteiger partial charge in [0.05, 0.1) is 7.11 Å². The van der Waals surface area contributed by atoms with Gasteiger partial charge in [-0.2, -0.15) is 4.99 Å². The van der Waals surface area contributed by atoms with E-state index in [1.54, 1.807) is 19.0 Å². The summed E-state index contributed by atoms with van der Waals surface area (Å²) in [7, 11) is 6.23. The van der Waals surface area contributed by atoms with Gasteiger partial charge in [-0.05, 0) is 18.8 Å². The van der Waals surface area contributed by atoms with Crippen LogP contribution >= 0.6 is 0 Å². The fourth-order valence-electron chi connectivity index (χ4n) is 2.45. The summed E-state index contributed by atoms with van der Waals surface area (Å²) in [6, 6.07) is -0.431. The minimum atomic E-state index is -0.567. The maximum absolute atomic E-state index is 11.9. The molecule has 1 saturated carbocycles. The van der Waals surface area contributed by atoms with Gasteiger partial charge in [0.25, 0.3) is 0 Å². The van der Waals surface area contributed by atoms with Crippen LogP contribution in [0.5, 0.6) is 0 Å². The number of ether oxygens (including phenoxy) is 1. The van der Waals surface area contributed by atoms with E-state index in [2.05, 4.69) is 15.0 Å². The number of urea groups is 1. The summed E-state index contributed by atoms with van der Waals surface area (Å²) in [5.41, 5.74) is 0. The van der Waals surface area contributed by atoms with E-state index >= 15 is 0 Å². The van der Waals surface area contributed by atoms with Crippen molar-refractivity contribution in [2.45, 2.75) is 32.1 Å². The van der Waals surface area contributed by atoms with Crippen molar-refractivity contribution in [1.82, 2.24) is 15.1 Å². The lowest BCUT2D eigenvalue weighted by Gasteiger charge is -2.24. The first-order valence-electron chi connectivity index (χ1n) is 7.31. The van der Waals surface area contributed by atoms with E-state index in [9.17, 15) is 9.59 Å². The Kier molecular flexibility index (Phi) is 6.98. The van der Waals surface area contributed by atoms with Crippen molar-refractivity contribution < 1.29 is 14.3 Å². The van der Waals surface area contributed by atoms with Crippen molar-refractivity contribution in [3.8, 4) is 0 Å². The van der Waals surface area contributed by atoms with Gasteiger partial charge < -0.3 is 15.0 Å². The van der Waals surface area contributed by atoms with E-state index in [1.165, 1.54) is 38.3 Å². The SMILES string of the molecule is COC(=O)N(C)/C(=N/C(=O)NCC1CCCCC1)N(C)C. The molecule has 1 N–H and O–H groups in total. The quantitative estimate of drug-likeness (QED) is 0.624. The first-order valence-corrected chi connectivity index (χ1v) is 7.31. The molecule has 0 aromatic heterocycles. The van der Waals surface area contributed by atoms with Crippen molar-refractivity contribution in [3.63, 3.8) is 0 Å². The van der Waals surface area contributed by atoms with Crippen molar-refractivity contribution in [1.29, 1.82) is 0 Å². The van der Waals surface area contributed by atoms with Crippen molar-refractivity contribution in [2.24, 2.45) is 10.9 Å². The highest BCUT2D eigenvalue weighted by molar-refractivity contribution is 5.99. The lowest BCUT2D eigenvalue weighted by molar-refractivity contribution is 0.149. The van der Waals surface area contributed by atoms with E-state index in [-0.39, 0.29) is 5.96 Å². The summed E-state index contributed by atoms with van der Waals surface area (Å²) >= 11 is 0. The Labute approximate surface area is 126 Å². The van der Waals surface area contributed by atoms with Gasteiger partial charge in [0, 0.05) is 27.7 Å². The zero-order valence-corrected chi connectivity index (χ0v) is 13.4. The number of carbonyl (C=O) groups is 2. The molecule has 0 heterocycles. The maximum atomic E-state index is 11.9. The van der Waals surface area contributed by atoms with E-state index in [0.29, 0.717) is 12.5 Å². The molecule has 0 aromatic rings. The molecule has 0 aliphatic heterocycles. The molecule has 0 aromatic carbocycles. The van der Waals surface area contributed by atoms with Gasteiger partial charge in [-0.25, -0.2) is 9.59 Å². The molecule has 0 bridgehead atoms. The molecule has 1 aliphatic rings. The second-order valence-corrected chi connectivity index (χ2v) is 5.53. The van der Waals surface area contributed by atoms with Gasteiger partial charge >= 0.3 is 12.1 Å². The van der Waals surface area contributed by atoms with Gasteiger partial charge in [0.1, 0.15) is 0 Å². The minimum absolute atomic E-state index is 0.239. The van der Waals surface area contributed by atoms with Crippen LogP contribution in [0.1, 0.15) is 32.1 Å². The monoisotopic (exact) mass is 298 g/mol. The van der Waals surface area contributed by atoms with Gasteiger partial charge in [-0.3, -0.25) is 4.90 Å². The molecular formula is C14H26N4O3. The lowest BCUT2D eigenvalue weighted by Crippen LogP contribution is -2.43. The minimum Gasteiger partial charge on any atom is -0.452 e. The van der Waals surface area contributed by atoms with Crippen LogP contribution in [0.3, 0.4) is 0 Å². The number of aliphatic imine (C=N–C) groups is 1. The van der Waals surface area contributed by atoms with E-state index < -0.39 is 12.1 Å². The smallest absolute Gasteiger partial charge is 0.416 e. The van der Waals surface area contributed by atoms with E-state index in [4.69, 9.17) is 0 Å². The van der Waals surface area contributed by atoms with E-state index in [1.807, 2.05) is 0 Å². The number of hydrogen-bond donors (Lipinski definition) is 1. The van der Waals surface area contributed by atoms with E-state index in [0.717, 1.165) is 12.8 Å². The standard InChI is InChI=1S/C14H26N4O3/c1-17(2)13(18(3)14(20)21-4)16-12(19)15-10-11-8-6-5-7-9-11/h11H,5-10H2,1-4H3,(H,15,19)/b16-13+. The first kappa shape index (κ1) is 17.3. The second-order valence-electron chi connectivity index (χ2n) is 5.53. The third kappa shape index (κ3) is 5.61. The Hall–Kier alpha value is -1.79. The summed E-state index contributed by atoms with van der Waals surface area (Å²) in [4.78, 5) is 30.2. The Balaban J connectivity index is 2.58. The molecule has 1 aliphatic carbocycles. The van der Waals surface area contributed by atoms with Gasteiger partial charge in [-0.15, -0.1) is 0 Å². The zero-order valence-electron chi connectivity index (χ0n) is 13.4. The molecule has 0 atom stereocenters. The average Bonchev–Trinajstić information content (AvgIpc) is 2.49. The summed E-state index contributed by atoms with van der Waals surface area (Å²) in [5, 5.41) is 2.82. The molecule has 3 amide bonds. The molecular weight excluding hydrogens is 272 g/mol. The van der Waals surface area contributed by atoms with Crippen LogP contribution in [0.2, 0.25) is 0 Å². The summed E-state index contributed by atoms with van der Waals surface area (Å²) < 4.78 is 4.63. The fraction of sp³-hybridized carbons (Fsp3) is 0.786. The third-order valence-corrected chi connectivity index (χ3v) is 3.62. The lowest BCUT2D eigenvalue weighted by atomic mass is 9.89. The first-order chi connectivity index (χ1) is 9.95. The maximum Gasteiger partial charge on any atom is 0.416 e. The molecule has 120 valence electrons. The Morgan fingerprint density at radius 3 is 2.33 bits per heavy atom. The highest BCUT2D eigenvalue weighted by Crippen LogP contribution is 2.22.